The second-order valence-electron chi connectivity index (χ2n) is 6.84. The predicted molar refractivity (Wildman–Crippen MR) is 80.2 cm³/mol. The minimum Gasteiger partial charge on any atom is -0.481 e. The van der Waals surface area contributed by atoms with E-state index in [2.05, 4.69) is 31.4 Å². The van der Waals surface area contributed by atoms with Crippen molar-refractivity contribution in [3.63, 3.8) is 0 Å². The van der Waals surface area contributed by atoms with E-state index in [1.54, 1.807) is 0 Å². The average molecular weight is 295 g/mol. The molecule has 0 aromatic carbocycles. The second-order valence-corrected chi connectivity index (χ2v) is 6.84. The number of hydrogen-bond donors (Lipinski definition) is 3. The Bertz CT molecular complexity index is 454. The molecule has 0 spiro atoms. The molecule has 0 bridgehead atoms. The van der Waals surface area contributed by atoms with Crippen LogP contribution in [0.3, 0.4) is 0 Å². The van der Waals surface area contributed by atoms with Crippen LogP contribution in [0.25, 0.3) is 0 Å². The minimum absolute atomic E-state index is 0.00142. The van der Waals surface area contributed by atoms with Gasteiger partial charge in [0.05, 0.1) is 6.42 Å². The maximum atomic E-state index is 11.7. The maximum Gasteiger partial charge on any atom is 0.305 e. The molecule has 1 amide bonds. The van der Waals surface area contributed by atoms with Crippen molar-refractivity contribution in [2.45, 2.75) is 53.0 Å². The number of carbonyl (C=O) groups excluding carboxylic acids is 1. The van der Waals surface area contributed by atoms with Crippen LogP contribution in [0, 0.1) is 16.7 Å². The lowest BCUT2D eigenvalue weighted by molar-refractivity contribution is -0.136. The molecule has 0 aromatic heterocycles. The number of amides is 1. The third kappa shape index (κ3) is 9.50. The van der Waals surface area contributed by atoms with Crippen LogP contribution in [0.4, 0.5) is 0 Å². The Morgan fingerprint density at radius 3 is 2.24 bits per heavy atom. The van der Waals surface area contributed by atoms with Crippen LogP contribution >= 0.6 is 0 Å². The number of carboxylic acids is 1. The fraction of sp³-hybridized carbons (Fsp3) is 0.667. The molecule has 118 valence electrons. The summed E-state index contributed by atoms with van der Waals surface area (Å²) in [6.07, 6.45) is 2.07. The summed E-state index contributed by atoms with van der Waals surface area (Å²) in [5.41, 5.74) is -0.217. The van der Waals surface area contributed by atoms with E-state index in [4.69, 9.17) is 10.4 Å². The van der Waals surface area contributed by atoms with E-state index in [1.807, 2.05) is 19.9 Å². The summed E-state index contributed by atoms with van der Waals surface area (Å²) in [5, 5.41) is 23.0. The molecule has 6 heteroatoms. The van der Waals surface area contributed by atoms with Crippen LogP contribution in [0.2, 0.25) is 0 Å². The van der Waals surface area contributed by atoms with Crippen LogP contribution in [0.1, 0.15) is 47.5 Å². The molecule has 0 aliphatic heterocycles. The van der Waals surface area contributed by atoms with Crippen molar-refractivity contribution in [2.24, 2.45) is 5.41 Å². The van der Waals surface area contributed by atoms with Gasteiger partial charge in [0.15, 0.2) is 0 Å². The summed E-state index contributed by atoms with van der Waals surface area (Å²) in [6.45, 7) is 10.3. The van der Waals surface area contributed by atoms with Crippen molar-refractivity contribution >= 4 is 11.9 Å². The molecule has 0 rings (SSSR count). The summed E-state index contributed by atoms with van der Waals surface area (Å²) in [7, 11) is 0. The molecule has 0 atom stereocenters. The molecule has 3 N–H and O–H groups in total. The molecule has 21 heavy (non-hydrogen) atoms. The summed E-state index contributed by atoms with van der Waals surface area (Å²) >= 11 is 0. The van der Waals surface area contributed by atoms with E-state index in [0.717, 1.165) is 6.42 Å². The molecule has 0 saturated heterocycles. The first kappa shape index (κ1) is 19.0. The molecule has 0 aliphatic carbocycles. The first-order valence-corrected chi connectivity index (χ1v) is 6.85. The summed E-state index contributed by atoms with van der Waals surface area (Å²) in [5.74, 6) is -1.57. The zero-order valence-electron chi connectivity index (χ0n) is 13.4. The van der Waals surface area contributed by atoms with Gasteiger partial charge >= 0.3 is 5.97 Å². The highest BCUT2D eigenvalue weighted by Gasteiger charge is 2.24. The third-order valence-corrected chi connectivity index (χ3v) is 2.57. The van der Waals surface area contributed by atoms with Gasteiger partial charge in [-0.15, -0.1) is 0 Å². The Balaban J connectivity index is 4.62. The molecule has 0 fully saturated rings. The maximum absolute atomic E-state index is 11.7. The fourth-order valence-electron chi connectivity index (χ4n) is 2.17. The van der Waals surface area contributed by atoms with Crippen molar-refractivity contribution in [1.82, 2.24) is 10.6 Å². The first-order valence-electron chi connectivity index (χ1n) is 6.85. The normalized spacial score (nSPS) is 12.5. The van der Waals surface area contributed by atoms with Crippen LogP contribution in [0.5, 0.6) is 0 Å². The standard InChI is InChI=1S/C15H25N3O3/c1-14(2,3)10-15(4,5)18-9-11(8-16)13(21)17-7-6-12(19)20/h9,18H,6-7,10H2,1-5H3,(H,17,21)(H,19,20)/b11-9-. The highest BCUT2D eigenvalue weighted by molar-refractivity contribution is 5.97. The number of nitrogens with zero attached hydrogens (tertiary/aromatic N) is 1. The zero-order valence-corrected chi connectivity index (χ0v) is 13.4. The van der Waals surface area contributed by atoms with Gasteiger partial charge in [-0.3, -0.25) is 9.59 Å². The monoisotopic (exact) mass is 295 g/mol. The van der Waals surface area contributed by atoms with Gasteiger partial charge in [-0.05, 0) is 25.7 Å². The van der Waals surface area contributed by atoms with Crippen LogP contribution < -0.4 is 10.6 Å². The Kier molecular flexibility index (Phi) is 6.93. The van der Waals surface area contributed by atoms with Crippen molar-refractivity contribution < 1.29 is 14.7 Å². The van der Waals surface area contributed by atoms with E-state index in [-0.39, 0.29) is 29.5 Å². The van der Waals surface area contributed by atoms with E-state index >= 15 is 0 Å². The summed E-state index contributed by atoms with van der Waals surface area (Å²) < 4.78 is 0. The van der Waals surface area contributed by atoms with Crippen molar-refractivity contribution in [3.05, 3.63) is 11.8 Å². The summed E-state index contributed by atoms with van der Waals surface area (Å²) in [6, 6.07) is 1.81. The van der Waals surface area contributed by atoms with Crippen LogP contribution in [0.15, 0.2) is 11.8 Å². The largest absolute Gasteiger partial charge is 0.481 e. The fourth-order valence-corrected chi connectivity index (χ4v) is 2.17. The quantitative estimate of drug-likeness (QED) is 0.491. The Hall–Kier alpha value is -2.03. The van der Waals surface area contributed by atoms with Crippen molar-refractivity contribution in [1.29, 1.82) is 5.26 Å². The highest BCUT2D eigenvalue weighted by Crippen LogP contribution is 2.26. The number of rotatable bonds is 7. The lowest BCUT2D eigenvalue weighted by Gasteiger charge is -2.33. The van der Waals surface area contributed by atoms with Gasteiger partial charge in [-0.25, -0.2) is 0 Å². The molecule has 0 radical (unpaired) electrons. The van der Waals surface area contributed by atoms with Gasteiger partial charge in [0.1, 0.15) is 11.6 Å². The van der Waals surface area contributed by atoms with Gasteiger partial charge in [0, 0.05) is 18.3 Å². The average Bonchev–Trinajstić information content (AvgIpc) is 2.25. The molecule has 0 heterocycles. The zero-order chi connectivity index (χ0) is 16.7. The SMILES string of the molecule is CC(C)(C)CC(C)(C)N/C=C(/C#N)C(=O)NCCC(=O)O. The van der Waals surface area contributed by atoms with Gasteiger partial charge in [0.25, 0.3) is 5.91 Å². The van der Waals surface area contributed by atoms with E-state index in [9.17, 15) is 9.59 Å². The van der Waals surface area contributed by atoms with Gasteiger partial charge in [-0.2, -0.15) is 5.26 Å². The number of carboxylic acid groups (broad SMARTS) is 1. The molecular weight excluding hydrogens is 270 g/mol. The van der Waals surface area contributed by atoms with Crippen LogP contribution in [-0.4, -0.2) is 29.1 Å². The minimum atomic E-state index is -0.998. The molecule has 6 nitrogen and oxygen atoms in total. The van der Waals surface area contributed by atoms with Gasteiger partial charge in [-0.1, -0.05) is 20.8 Å². The van der Waals surface area contributed by atoms with E-state index < -0.39 is 11.9 Å². The Labute approximate surface area is 126 Å². The number of nitrogens with one attached hydrogen (secondary N) is 2. The van der Waals surface area contributed by atoms with E-state index in [1.165, 1.54) is 6.20 Å². The topological polar surface area (TPSA) is 102 Å². The number of nitriles is 1. The van der Waals surface area contributed by atoms with Crippen molar-refractivity contribution in [2.75, 3.05) is 6.54 Å². The third-order valence-electron chi connectivity index (χ3n) is 2.57. The molecule has 0 aromatic rings. The molecular formula is C15H25N3O3. The smallest absolute Gasteiger partial charge is 0.305 e. The Morgan fingerprint density at radius 2 is 1.81 bits per heavy atom. The van der Waals surface area contributed by atoms with E-state index in [0.29, 0.717) is 0 Å². The lowest BCUT2D eigenvalue weighted by Crippen LogP contribution is -2.40. The number of hydrogen-bond acceptors (Lipinski definition) is 4. The highest BCUT2D eigenvalue weighted by atomic mass is 16.4. The first-order chi connectivity index (χ1) is 9.47. The molecule has 0 saturated carbocycles. The molecule has 0 aliphatic rings. The number of carbonyl (C=O) groups is 2. The predicted octanol–water partition coefficient (Wildman–Crippen LogP) is 1.79. The summed E-state index contributed by atoms with van der Waals surface area (Å²) in [4.78, 5) is 22.1. The Morgan fingerprint density at radius 1 is 1.24 bits per heavy atom. The van der Waals surface area contributed by atoms with Gasteiger partial charge < -0.3 is 15.7 Å². The van der Waals surface area contributed by atoms with Crippen molar-refractivity contribution in [3.8, 4) is 6.07 Å². The lowest BCUT2D eigenvalue weighted by atomic mass is 9.82. The molecule has 0 unspecified atom stereocenters. The second kappa shape index (κ2) is 7.67. The van der Waals surface area contributed by atoms with Crippen LogP contribution in [-0.2, 0) is 9.59 Å². The number of aliphatic carboxylic acids is 1. The van der Waals surface area contributed by atoms with Gasteiger partial charge in [0.2, 0.25) is 0 Å².